The second-order valence-electron chi connectivity index (χ2n) is 3.44. The van der Waals surface area contributed by atoms with Gasteiger partial charge in [0.15, 0.2) is 0 Å². The minimum atomic E-state index is -0.201. The highest BCUT2D eigenvalue weighted by Crippen LogP contribution is 2.01. The zero-order valence-electron chi connectivity index (χ0n) is 8.81. The van der Waals surface area contributed by atoms with E-state index >= 15 is 0 Å². The minimum absolute atomic E-state index is 0.201. The summed E-state index contributed by atoms with van der Waals surface area (Å²) in [5, 5.41) is 19.6. The number of nitrogens with zero attached hydrogens (tertiary/aromatic N) is 1. The van der Waals surface area contributed by atoms with Crippen molar-refractivity contribution in [1.29, 1.82) is 0 Å². The van der Waals surface area contributed by atoms with Crippen LogP contribution in [0.3, 0.4) is 0 Å². The van der Waals surface area contributed by atoms with Crippen molar-refractivity contribution >= 4 is 18.8 Å². The van der Waals surface area contributed by atoms with E-state index in [1.54, 1.807) is 6.92 Å². The number of rotatable bonds is 3. The fourth-order valence-electron chi connectivity index (χ4n) is 0.627. The van der Waals surface area contributed by atoms with E-state index < -0.39 is 0 Å². The average molecular weight is 207 g/mol. The summed E-state index contributed by atoms with van der Waals surface area (Å²) in [5.41, 5.74) is 0. The number of oxime groups is 1. The maximum atomic E-state index is 8.67. The fraction of sp³-hybridized carbons (Fsp3) is 0.889. The first-order valence-electron chi connectivity index (χ1n) is 4.43. The molecule has 0 aromatic carbocycles. The van der Waals surface area contributed by atoms with E-state index in [1.807, 2.05) is 20.8 Å². The topological polar surface area (TPSA) is 52.8 Å². The summed E-state index contributed by atoms with van der Waals surface area (Å²) >= 11 is 4.08. The zero-order valence-corrected chi connectivity index (χ0v) is 9.70. The molecule has 4 heteroatoms. The SMILES string of the molecule is CC(C)/C=N\O.CC(O)CC(C)S. The van der Waals surface area contributed by atoms with E-state index in [1.165, 1.54) is 6.21 Å². The van der Waals surface area contributed by atoms with Gasteiger partial charge in [0.1, 0.15) is 0 Å². The Morgan fingerprint density at radius 3 is 1.77 bits per heavy atom. The lowest BCUT2D eigenvalue weighted by molar-refractivity contribution is 0.185. The van der Waals surface area contributed by atoms with Crippen LogP contribution in [0.5, 0.6) is 0 Å². The minimum Gasteiger partial charge on any atom is -0.411 e. The van der Waals surface area contributed by atoms with Crippen molar-refractivity contribution in [3.05, 3.63) is 0 Å². The van der Waals surface area contributed by atoms with Crippen LogP contribution in [0.15, 0.2) is 5.16 Å². The first-order chi connectivity index (χ1) is 5.90. The predicted octanol–water partition coefficient (Wildman–Crippen LogP) is 2.18. The van der Waals surface area contributed by atoms with E-state index in [0.29, 0.717) is 11.2 Å². The Kier molecular flexibility index (Phi) is 11.6. The third-order valence-corrected chi connectivity index (χ3v) is 1.26. The fourth-order valence-corrected chi connectivity index (χ4v) is 0.932. The van der Waals surface area contributed by atoms with Gasteiger partial charge in [0.25, 0.3) is 0 Å². The normalized spacial score (nSPS) is 15.3. The van der Waals surface area contributed by atoms with E-state index in [4.69, 9.17) is 10.3 Å². The van der Waals surface area contributed by atoms with Gasteiger partial charge < -0.3 is 10.3 Å². The molecule has 0 amide bonds. The van der Waals surface area contributed by atoms with Gasteiger partial charge in [-0.25, -0.2) is 0 Å². The Morgan fingerprint density at radius 1 is 1.31 bits per heavy atom. The summed E-state index contributed by atoms with van der Waals surface area (Å²) in [4.78, 5) is 0. The highest BCUT2D eigenvalue weighted by Gasteiger charge is 1.98. The standard InChI is InChI=1S/C5H12OS.C4H9NO/c1-4(6)3-5(2)7;1-4(2)3-5-6/h4-7H,3H2,1-2H3;3-4,6H,1-2H3/b;5-3-. The second-order valence-corrected chi connectivity index (χ2v) is 4.32. The highest BCUT2D eigenvalue weighted by molar-refractivity contribution is 7.80. The molecule has 0 saturated heterocycles. The molecule has 0 aromatic heterocycles. The van der Waals surface area contributed by atoms with Crippen LogP contribution in [0.2, 0.25) is 0 Å². The molecule has 2 N–H and O–H groups in total. The van der Waals surface area contributed by atoms with Crippen molar-refractivity contribution in [1.82, 2.24) is 0 Å². The lowest BCUT2D eigenvalue weighted by Crippen LogP contribution is -2.05. The molecule has 0 aliphatic carbocycles. The second kappa shape index (κ2) is 9.86. The Bertz CT molecular complexity index is 119. The molecule has 0 radical (unpaired) electrons. The summed E-state index contributed by atoms with van der Waals surface area (Å²) in [5.74, 6) is 0.356. The van der Waals surface area contributed by atoms with Crippen LogP contribution < -0.4 is 0 Å². The molecule has 0 aromatic rings. The molecule has 80 valence electrons. The molecule has 0 aliphatic rings. The lowest BCUT2D eigenvalue weighted by atomic mass is 10.2. The van der Waals surface area contributed by atoms with Crippen LogP contribution >= 0.6 is 12.6 Å². The monoisotopic (exact) mass is 207 g/mol. The average Bonchev–Trinajstić information content (AvgIpc) is 1.83. The first kappa shape index (κ1) is 15.3. The number of thiol groups is 1. The maximum Gasteiger partial charge on any atom is 0.0522 e. The number of hydrogen-bond donors (Lipinski definition) is 3. The van der Waals surface area contributed by atoms with Crippen molar-refractivity contribution in [2.75, 3.05) is 0 Å². The molecule has 0 spiro atoms. The molecule has 0 rings (SSSR count). The number of hydrogen-bond acceptors (Lipinski definition) is 4. The van der Waals surface area contributed by atoms with Crippen molar-refractivity contribution in [2.24, 2.45) is 11.1 Å². The number of aliphatic hydroxyl groups is 1. The molecule has 13 heavy (non-hydrogen) atoms. The smallest absolute Gasteiger partial charge is 0.0522 e. The Balaban J connectivity index is 0. The Morgan fingerprint density at radius 2 is 1.77 bits per heavy atom. The third-order valence-electron chi connectivity index (χ3n) is 1.05. The summed E-state index contributed by atoms with van der Waals surface area (Å²) in [6.07, 6.45) is 2.05. The van der Waals surface area contributed by atoms with Gasteiger partial charge in [-0.05, 0) is 19.3 Å². The van der Waals surface area contributed by atoms with Crippen molar-refractivity contribution in [3.8, 4) is 0 Å². The lowest BCUT2D eigenvalue weighted by Gasteiger charge is -2.04. The van der Waals surface area contributed by atoms with Crippen LogP contribution in [0, 0.1) is 5.92 Å². The molecule has 2 unspecified atom stereocenters. The third kappa shape index (κ3) is 24.5. The number of aliphatic hydroxyl groups excluding tert-OH is 1. The van der Waals surface area contributed by atoms with Gasteiger partial charge in [-0.2, -0.15) is 12.6 Å². The summed E-state index contributed by atoms with van der Waals surface area (Å²) in [7, 11) is 0. The molecule has 0 bridgehead atoms. The van der Waals surface area contributed by atoms with E-state index in [-0.39, 0.29) is 6.10 Å². The Hall–Kier alpha value is -0.220. The maximum absolute atomic E-state index is 8.67. The van der Waals surface area contributed by atoms with E-state index in [9.17, 15) is 0 Å². The van der Waals surface area contributed by atoms with Crippen molar-refractivity contribution in [2.45, 2.75) is 45.5 Å². The van der Waals surface area contributed by atoms with Crippen molar-refractivity contribution in [3.63, 3.8) is 0 Å². The molecule has 3 nitrogen and oxygen atoms in total. The van der Waals surface area contributed by atoms with Gasteiger partial charge >= 0.3 is 0 Å². The largest absolute Gasteiger partial charge is 0.411 e. The van der Waals surface area contributed by atoms with Gasteiger partial charge in [-0.1, -0.05) is 20.8 Å². The molecular formula is C9H21NO2S. The molecule has 0 saturated carbocycles. The molecule has 0 aliphatic heterocycles. The van der Waals surface area contributed by atoms with Gasteiger partial charge in [0, 0.05) is 11.5 Å². The first-order valence-corrected chi connectivity index (χ1v) is 4.95. The van der Waals surface area contributed by atoms with E-state index in [2.05, 4.69) is 17.8 Å². The van der Waals surface area contributed by atoms with Crippen LogP contribution in [-0.4, -0.2) is 27.9 Å². The summed E-state index contributed by atoms with van der Waals surface area (Å²) < 4.78 is 0. The quantitative estimate of drug-likeness (QED) is 0.287. The Labute approximate surface area is 86.3 Å². The molecule has 0 fully saturated rings. The highest BCUT2D eigenvalue weighted by atomic mass is 32.1. The van der Waals surface area contributed by atoms with Crippen LogP contribution in [-0.2, 0) is 0 Å². The predicted molar refractivity (Wildman–Crippen MR) is 59.9 cm³/mol. The van der Waals surface area contributed by atoms with Gasteiger partial charge in [-0.3, -0.25) is 0 Å². The van der Waals surface area contributed by atoms with E-state index in [0.717, 1.165) is 6.42 Å². The summed E-state index contributed by atoms with van der Waals surface area (Å²) in [6.45, 7) is 7.63. The molecule has 0 heterocycles. The van der Waals surface area contributed by atoms with Crippen LogP contribution in [0.4, 0.5) is 0 Å². The summed E-state index contributed by atoms with van der Waals surface area (Å²) in [6, 6.07) is 0. The van der Waals surface area contributed by atoms with Crippen LogP contribution in [0.25, 0.3) is 0 Å². The molecule has 2 atom stereocenters. The van der Waals surface area contributed by atoms with Gasteiger partial charge in [-0.15, -0.1) is 5.16 Å². The zero-order chi connectivity index (χ0) is 10.9. The van der Waals surface area contributed by atoms with Gasteiger partial charge in [0.05, 0.1) is 6.10 Å². The van der Waals surface area contributed by atoms with Crippen LogP contribution in [0.1, 0.15) is 34.1 Å². The molecular weight excluding hydrogens is 186 g/mol. The van der Waals surface area contributed by atoms with Gasteiger partial charge in [0.2, 0.25) is 0 Å². The van der Waals surface area contributed by atoms with Crippen molar-refractivity contribution < 1.29 is 10.3 Å².